The largest absolute Gasteiger partial charge is 0.185 e. The first kappa shape index (κ1) is 13.7. The summed E-state index contributed by atoms with van der Waals surface area (Å²) < 4.78 is 0. The Bertz CT molecular complexity index is 193. The molecule has 2 nitrogen and oxygen atoms in total. The van der Waals surface area contributed by atoms with Gasteiger partial charge in [-0.05, 0) is 36.4 Å². The third-order valence-electron chi connectivity index (χ3n) is 1.97. The lowest BCUT2D eigenvalue weighted by Crippen LogP contribution is -2.18. The van der Waals surface area contributed by atoms with Crippen molar-refractivity contribution in [2.75, 3.05) is 0 Å². The highest BCUT2D eigenvalue weighted by atomic mass is 32.2. The molecule has 0 amide bonds. The molecule has 0 fully saturated rings. The second-order valence-corrected chi connectivity index (χ2v) is 5.12. The van der Waals surface area contributed by atoms with Crippen molar-refractivity contribution >= 4 is 23.5 Å². The Morgan fingerprint density at radius 3 is 1.50 bits per heavy atom. The monoisotopic (exact) mass is 228 g/mol. The number of thiocyanates is 2. The van der Waals surface area contributed by atoms with E-state index in [9.17, 15) is 0 Å². The summed E-state index contributed by atoms with van der Waals surface area (Å²) in [6.07, 6.45) is 4.20. The molecule has 0 rings (SSSR count). The van der Waals surface area contributed by atoms with Crippen LogP contribution in [0.2, 0.25) is 0 Å². The zero-order valence-electron chi connectivity index (χ0n) is 8.69. The first-order valence-corrected chi connectivity index (χ1v) is 6.65. The normalized spacial score (nSPS) is 14.0. The molecular weight excluding hydrogens is 212 g/mol. The second kappa shape index (κ2) is 9.24. The molecule has 0 saturated heterocycles. The van der Waals surface area contributed by atoms with Crippen LogP contribution in [0.5, 0.6) is 0 Å². The van der Waals surface area contributed by atoms with E-state index in [0.717, 1.165) is 25.7 Å². The molecule has 0 heterocycles. The van der Waals surface area contributed by atoms with Gasteiger partial charge < -0.3 is 0 Å². The molecule has 14 heavy (non-hydrogen) atoms. The first-order chi connectivity index (χ1) is 6.79. The fourth-order valence-electron chi connectivity index (χ4n) is 1.35. The number of nitriles is 2. The summed E-state index contributed by atoms with van der Waals surface area (Å²) in [5, 5.41) is 22.3. The number of thioether (sulfide) groups is 2. The van der Waals surface area contributed by atoms with Crippen LogP contribution >= 0.6 is 23.5 Å². The van der Waals surface area contributed by atoms with E-state index in [-0.39, 0.29) is 0 Å². The maximum Gasteiger partial charge on any atom is 0.133 e. The average molecular weight is 228 g/mol. The van der Waals surface area contributed by atoms with Crippen LogP contribution < -0.4 is 0 Å². The van der Waals surface area contributed by atoms with Crippen molar-refractivity contribution < 1.29 is 0 Å². The predicted molar refractivity (Wildman–Crippen MR) is 63.8 cm³/mol. The van der Waals surface area contributed by atoms with Gasteiger partial charge >= 0.3 is 0 Å². The van der Waals surface area contributed by atoms with Crippen molar-refractivity contribution in [2.45, 2.75) is 50.0 Å². The van der Waals surface area contributed by atoms with Crippen LogP contribution in [-0.4, -0.2) is 10.5 Å². The topological polar surface area (TPSA) is 47.6 Å². The fourth-order valence-corrected chi connectivity index (χ4v) is 3.23. The summed E-state index contributed by atoms with van der Waals surface area (Å²) in [7, 11) is 0. The average Bonchev–Trinajstić information content (AvgIpc) is 2.17. The molecule has 0 saturated carbocycles. The van der Waals surface area contributed by atoms with Gasteiger partial charge in [0.25, 0.3) is 0 Å². The maximum atomic E-state index is 8.67. The molecule has 0 bridgehead atoms. The van der Waals surface area contributed by atoms with Crippen molar-refractivity contribution in [3.63, 3.8) is 0 Å². The van der Waals surface area contributed by atoms with E-state index in [1.54, 1.807) is 0 Å². The van der Waals surface area contributed by atoms with Crippen LogP contribution in [0.25, 0.3) is 0 Å². The van der Waals surface area contributed by atoms with Crippen LogP contribution in [0.4, 0.5) is 0 Å². The van der Waals surface area contributed by atoms with Crippen molar-refractivity contribution in [1.82, 2.24) is 0 Å². The van der Waals surface area contributed by atoms with Gasteiger partial charge in [-0.3, -0.25) is 0 Å². The van der Waals surface area contributed by atoms with Crippen LogP contribution in [0.15, 0.2) is 0 Å². The molecular formula is C10H16N2S2. The minimum absolute atomic E-state index is 0.314. The van der Waals surface area contributed by atoms with E-state index < -0.39 is 0 Å². The summed E-state index contributed by atoms with van der Waals surface area (Å²) in [6.45, 7) is 4.23. The quantitative estimate of drug-likeness (QED) is 0.623. The van der Waals surface area contributed by atoms with Gasteiger partial charge in [-0.25, -0.2) is 0 Å². The van der Waals surface area contributed by atoms with Gasteiger partial charge in [-0.2, -0.15) is 10.5 Å². The Balaban J connectivity index is 4.23. The summed E-state index contributed by atoms with van der Waals surface area (Å²) in [5.74, 6) is 0. The highest BCUT2D eigenvalue weighted by molar-refractivity contribution is 8.08. The van der Waals surface area contributed by atoms with Crippen molar-refractivity contribution in [3.8, 4) is 10.8 Å². The number of hydrogen-bond acceptors (Lipinski definition) is 4. The lowest BCUT2D eigenvalue weighted by atomic mass is 10.1. The Kier molecular flexibility index (Phi) is 9.03. The summed E-state index contributed by atoms with van der Waals surface area (Å²) in [6, 6.07) is 0. The third kappa shape index (κ3) is 5.42. The smallest absolute Gasteiger partial charge is 0.133 e. The minimum Gasteiger partial charge on any atom is -0.185 e. The van der Waals surface area contributed by atoms with Gasteiger partial charge in [0.2, 0.25) is 0 Å². The molecule has 2 atom stereocenters. The molecule has 0 aromatic rings. The Hall–Kier alpha value is -0.320. The molecule has 0 aliphatic heterocycles. The van der Waals surface area contributed by atoms with E-state index in [4.69, 9.17) is 10.5 Å². The first-order valence-electron chi connectivity index (χ1n) is 4.89. The Morgan fingerprint density at radius 2 is 1.29 bits per heavy atom. The van der Waals surface area contributed by atoms with Gasteiger partial charge in [-0.1, -0.05) is 26.7 Å². The van der Waals surface area contributed by atoms with Crippen LogP contribution in [-0.2, 0) is 0 Å². The molecule has 2 unspecified atom stereocenters. The van der Waals surface area contributed by atoms with Gasteiger partial charge in [-0.15, -0.1) is 0 Å². The summed E-state index contributed by atoms with van der Waals surface area (Å²) in [5.41, 5.74) is 0. The second-order valence-electron chi connectivity index (χ2n) is 3.07. The number of hydrogen-bond donors (Lipinski definition) is 0. The van der Waals surface area contributed by atoms with Gasteiger partial charge in [0.1, 0.15) is 10.8 Å². The molecule has 0 aromatic carbocycles. The third-order valence-corrected chi connectivity index (χ3v) is 4.09. The lowest BCUT2D eigenvalue weighted by Gasteiger charge is -2.20. The highest BCUT2D eigenvalue weighted by Gasteiger charge is 2.21. The molecule has 0 aliphatic carbocycles. The zero-order valence-corrected chi connectivity index (χ0v) is 10.3. The molecule has 0 aliphatic rings. The molecule has 0 radical (unpaired) electrons. The van der Waals surface area contributed by atoms with Crippen molar-refractivity contribution in [1.29, 1.82) is 10.5 Å². The standard InChI is InChI=1S/C10H16N2S2/c1-3-5-9(13-7-11)10(6-4-2)14-8-12/h9-10H,3-6H2,1-2H3. The summed E-state index contributed by atoms with van der Waals surface area (Å²) >= 11 is 2.65. The SMILES string of the molecule is CCCC(SC#N)C(CCC)SC#N. The Morgan fingerprint density at radius 1 is 0.929 bits per heavy atom. The van der Waals surface area contributed by atoms with Crippen molar-refractivity contribution in [3.05, 3.63) is 0 Å². The highest BCUT2D eigenvalue weighted by Crippen LogP contribution is 2.30. The zero-order chi connectivity index (χ0) is 10.8. The van der Waals surface area contributed by atoms with Crippen LogP contribution in [0.1, 0.15) is 39.5 Å². The van der Waals surface area contributed by atoms with Gasteiger partial charge in [0.05, 0.1) is 0 Å². The van der Waals surface area contributed by atoms with E-state index >= 15 is 0 Å². The van der Waals surface area contributed by atoms with Gasteiger partial charge in [0, 0.05) is 10.5 Å². The van der Waals surface area contributed by atoms with Gasteiger partial charge in [0.15, 0.2) is 0 Å². The predicted octanol–water partition coefficient (Wildman–Crippen LogP) is 3.75. The number of nitrogens with zero attached hydrogens (tertiary/aromatic N) is 2. The van der Waals surface area contributed by atoms with E-state index in [2.05, 4.69) is 24.6 Å². The Labute approximate surface area is 95.1 Å². The van der Waals surface area contributed by atoms with Crippen LogP contribution in [0, 0.1) is 21.3 Å². The van der Waals surface area contributed by atoms with Crippen molar-refractivity contribution in [2.24, 2.45) is 0 Å². The molecule has 0 spiro atoms. The number of rotatable bonds is 7. The van der Waals surface area contributed by atoms with E-state index in [1.807, 2.05) is 0 Å². The van der Waals surface area contributed by atoms with E-state index in [0.29, 0.717) is 10.5 Å². The lowest BCUT2D eigenvalue weighted by molar-refractivity contribution is 0.656. The van der Waals surface area contributed by atoms with E-state index in [1.165, 1.54) is 23.5 Å². The molecule has 4 heteroatoms. The molecule has 0 N–H and O–H groups in total. The summed E-state index contributed by atoms with van der Waals surface area (Å²) in [4.78, 5) is 0. The van der Waals surface area contributed by atoms with Crippen LogP contribution in [0.3, 0.4) is 0 Å². The minimum atomic E-state index is 0.314. The molecule has 78 valence electrons. The maximum absolute atomic E-state index is 8.67. The fraction of sp³-hybridized carbons (Fsp3) is 0.800. The molecule has 0 aromatic heterocycles.